The van der Waals surface area contributed by atoms with Crippen molar-refractivity contribution in [2.45, 2.75) is 0 Å². The van der Waals surface area contributed by atoms with Crippen molar-refractivity contribution in [3.05, 3.63) is 64.7 Å². The molecule has 25 heavy (non-hydrogen) atoms. The molecule has 0 spiro atoms. The first-order chi connectivity index (χ1) is 12.2. The van der Waals surface area contributed by atoms with Crippen molar-refractivity contribution in [2.75, 3.05) is 38.2 Å². The molecule has 130 valence electrons. The molecule has 0 N–H and O–H groups in total. The summed E-state index contributed by atoms with van der Waals surface area (Å²) < 4.78 is 0. The van der Waals surface area contributed by atoms with E-state index in [1.807, 2.05) is 53.4 Å². The van der Waals surface area contributed by atoms with Crippen LogP contribution in [0.1, 0.15) is 15.9 Å². The SMILES string of the molecule is CO/N=C/c1ccc(C(=O)N2CCN(c3ccccc3Cl)CC2)cc1. The number of hydrogen-bond acceptors (Lipinski definition) is 4. The van der Waals surface area contributed by atoms with Crippen molar-refractivity contribution < 1.29 is 9.63 Å². The van der Waals surface area contributed by atoms with Crippen LogP contribution in [0.15, 0.2) is 53.7 Å². The van der Waals surface area contributed by atoms with Gasteiger partial charge >= 0.3 is 0 Å². The molecule has 2 aromatic rings. The van der Waals surface area contributed by atoms with Gasteiger partial charge in [-0.15, -0.1) is 0 Å². The minimum absolute atomic E-state index is 0.0500. The number of carbonyl (C=O) groups is 1. The molecule has 0 aliphatic carbocycles. The summed E-state index contributed by atoms with van der Waals surface area (Å²) in [5, 5.41) is 4.46. The van der Waals surface area contributed by atoms with Gasteiger partial charge in [-0.05, 0) is 29.8 Å². The second kappa shape index (κ2) is 8.03. The molecule has 0 bridgehead atoms. The van der Waals surface area contributed by atoms with E-state index in [9.17, 15) is 4.79 Å². The summed E-state index contributed by atoms with van der Waals surface area (Å²) in [6.45, 7) is 2.90. The zero-order valence-corrected chi connectivity index (χ0v) is 14.8. The first-order valence-electron chi connectivity index (χ1n) is 8.14. The Balaban J connectivity index is 1.61. The van der Waals surface area contributed by atoms with Crippen LogP contribution >= 0.6 is 11.6 Å². The van der Waals surface area contributed by atoms with E-state index in [2.05, 4.69) is 14.9 Å². The van der Waals surface area contributed by atoms with Crippen molar-refractivity contribution >= 4 is 29.4 Å². The third-order valence-corrected chi connectivity index (χ3v) is 4.54. The van der Waals surface area contributed by atoms with E-state index >= 15 is 0 Å². The van der Waals surface area contributed by atoms with Crippen LogP contribution in [-0.2, 0) is 4.84 Å². The number of halogens is 1. The number of amides is 1. The molecule has 2 aromatic carbocycles. The molecule has 3 rings (SSSR count). The predicted molar refractivity (Wildman–Crippen MR) is 101 cm³/mol. The molecule has 1 fully saturated rings. The summed E-state index contributed by atoms with van der Waals surface area (Å²) in [5.41, 5.74) is 2.60. The molecular weight excluding hydrogens is 338 g/mol. The van der Waals surface area contributed by atoms with Crippen molar-refractivity contribution in [1.82, 2.24) is 4.90 Å². The fraction of sp³-hybridized carbons (Fsp3) is 0.263. The van der Waals surface area contributed by atoms with Gasteiger partial charge in [0.15, 0.2) is 0 Å². The monoisotopic (exact) mass is 357 g/mol. The first kappa shape index (κ1) is 17.3. The summed E-state index contributed by atoms with van der Waals surface area (Å²) in [7, 11) is 1.50. The van der Waals surface area contributed by atoms with E-state index in [0.717, 1.165) is 29.4 Å². The molecule has 1 heterocycles. The fourth-order valence-corrected chi connectivity index (χ4v) is 3.12. The number of piperazine rings is 1. The number of benzene rings is 2. The Morgan fingerprint density at radius 3 is 2.40 bits per heavy atom. The predicted octanol–water partition coefficient (Wildman–Crippen LogP) is 3.28. The first-order valence-corrected chi connectivity index (χ1v) is 8.52. The summed E-state index contributed by atoms with van der Waals surface area (Å²) in [5.74, 6) is 0.0500. The highest BCUT2D eigenvalue weighted by molar-refractivity contribution is 6.33. The van der Waals surface area contributed by atoms with Gasteiger partial charge in [0.1, 0.15) is 7.11 Å². The number of anilines is 1. The summed E-state index contributed by atoms with van der Waals surface area (Å²) >= 11 is 6.26. The Hall–Kier alpha value is -2.53. The maximum absolute atomic E-state index is 12.7. The maximum atomic E-state index is 12.7. The molecule has 0 aromatic heterocycles. The third kappa shape index (κ3) is 4.12. The Morgan fingerprint density at radius 2 is 1.76 bits per heavy atom. The molecular formula is C19H20ClN3O2. The lowest BCUT2D eigenvalue weighted by Crippen LogP contribution is -2.48. The van der Waals surface area contributed by atoms with Gasteiger partial charge in [0.05, 0.1) is 16.9 Å². The Kier molecular flexibility index (Phi) is 5.56. The molecule has 0 saturated carbocycles. The van der Waals surface area contributed by atoms with E-state index in [1.165, 1.54) is 7.11 Å². The second-order valence-corrected chi connectivity index (χ2v) is 6.18. The highest BCUT2D eigenvalue weighted by Gasteiger charge is 2.23. The quantitative estimate of drug-likeness (QED) is 0.623. The highest BCUT2D eigenvalue weighted by Crippen LogP contribution is 2.26. The van der Waals surface area contributed by atoms with Gasteiger partial charge in [0.2, 0.25) is 0 Å². The van der Waals surface area contributed by atoms with Crippen molar-refractivity contribution in [1.29, 1.82) is 0 Å². The molecule has 1 aliphatic rings. The molecule has 1 saturated heterocycles. The standard InChI is InChI=1S/C19H20ClN3O2/c1-25-21-14-15-6-8-16(9-7-15)19(24)23-12-10-22(11-13-23)18-5-3-2-4-17(18)20/h2-9,14H,10-13H2,1H3/b21-14+. The van der Waals surface area contributed by atoms with Crippen LogP contribution in [0.2, 0.25) is 5.02 Å². The largest absolute Gasteiger partial charge is 0.399 e. The molecule has 1 amide bonds. The van der Waals surface area contributed by atoms with Gasteiger partial charge in [-0.1, -0.05) is 41.0 Å². The van der Waals surface area contributed by atoms with Crippen molar-refractivity contribution in [3.8, 4) is 0 Å². The third-order valence-electron chi connectivity index (χ3n) is 4.22. The number of rotatable bonds is 4. The zero-order valence-electron chi connectivity index (χ0n) is 14.1. The summed E-state index contributed by atoms with van der Waals surface area (Å²) in [6.07, 6.45) is 1.61. The van der Waals surface area contributed by atoms with Gasteiger partial charge in [-0.25, -0.2) is 0 Å². The van der Waals surface area contributed by atoms with E-state index in [-0.39, 0.29) is 5.91 Å². The molecule has 0 unspecified atom stereocenters. The molecule has 6 heteroatoms. The lowest BCUT2D eigenvalue weighted by molar-refractivity contribution is 0.0747. The molecule has 1 aliphatic heterocycles. The van der Waals surface area contributed by atoms with E-state index in [4.69, 9.17) is 11.6 Å². The minimum atomic E-state index is 0.0500. The van der Waals surface area contributed by atoms with Gasteiger partial charge in [-0.2, -0.15) is 0 Å². The van der Waals surface area contributed by atoms with Crippen LogP contribution < -0.4 is 4.90 Å². The maximum Gasteiger partial charge on any atom is 0.253 e. The summed E-state index contributed by atoms with van der Waals surface area (Å²) in [6, 6.07) is 15.2. The smallest absolute Gasteiger partial charge is 0.253 e. The van der Waals surface area contributed by atoms with Crippen LogP contribution in [0.4, 0.5) is 5.69 Å². The van der Waals surface area contributed by atoms with E-state index in [1.54, 1.807) is 6.21 Å². The average Bonchev–Trinajstić information content (AvgIpc) is 2.67. The van der Waals surface area contributed by atoms with Gasteiger partial charge in [-0.3, -0.25) is 4.79 Å². The van der Waals surface area contributed by atoms with Crippen LogP contribution in [0.25, 0.3) is 0 Å². The second-order valence-electron chi connectivity index (χ2n) is 5.77. The zero-order chi connectivity index (χ0) is 17.6. The van der Waals surface area contributed by atoms with Gasteiger partial charge < -0.3 is 14.6 Å². The number of carbonyl (C=O) groups excluding carboxylic acids is 1. The van der Waals surface area contributed by atoms with Crippen LogP contribution in [0.3, 0.4) is 0 Å². The Bertz CT molecular complexity index is 754. The minimum Gasteiger partial charge on any atom is -0.399 e. The van der Waals surface area contributed by atoms with Crippen molar-refractivity contribution in [3.63, 3.8) is 0 Å². The molecule has 0 radical (unpaired) electrons. The highest BCUT2D eigenvalue weighted by atomic mass is 35.5. The fourth-order valence-electron chi connectivity index (χ4n) is 2.87. The van der Waals surface area contributed by atoms with Gasteiger partial charge in [0, 0.05) is 31.7 Å². The van der Waals surface area contributed by atoms with E-state index in [0.29, 0.717) is 18.7 Å². The Morgan fingerprint density at radius 1 is 1.08 bits per heavy atom. The normalized spacial score (nSPS) is 14.8. The van der Waals surface area contributed by atoms with Crippen LogP contribution in [0.5, 0.6) is 0 Å². The number of nitrogens with zero attached hydrogens (tertiary/aromatic N) is 3. The van der Waals surface area contributed by atoms with Crippen molar-refractivity contribution in [2.24, 2.45) is 5.16 Å². The topological polar surface area (TPSA) is 45.1 Å². The average molecular weight is 358 g/mol. The van der Waals surface area contributed by atoms with E-state index < -0.39 is 0 Å². The summed E-state index contributed by atoms with van der Waals surface area (Å²) in [4.78, 5) is 21.4. The molecule has 0 atom stereocenters. The van der Waals surface area contributed by atoms with Crippen LogP contribution in [-0.4, -0.2) is 50.3 Å². The van der Waals surface area contributed by atoms with Crippen LogP contribution in [0, 0.1) is 0 Å². The number of para-hydroxylation sites is 1. The number of oxime groups is 1. The Labute approximate surface area is 152 Å². The lowest BCUT2D eigenvalue weighted by atomic mass is 10.1. The lowest BCUT2D eigenvalue weighted by Gasteiger charge is -2.36. The number of hydrogen-bond donors (Lipinski definition) is 0. The molecule has 5 nitrogen and oxygen atoms in total. The van der Waals surface area contributed by atoms with Gasteiger partial charge in [0.25, 0.3) is 5.91 Å².